The number of piperidine rings is 1. The zero-order valence-corrected chi connectivity index (χ0v) is 12.4. The Kier molecular flexibility index (Phi) is 5.35. The Morgan fingerprint density at radius 3 is 2.85 bits per heavy atom. The molecule has 5 nitrogen and oxygen atoms in total. The van der Waals surface area contributed by atoms with Gasteiger partial charge in [-0.2, -0.15) is 0 Å². The number of anilines is 1. The maximum absolute atomic E-state index is 11.6. The standard InChI is InChI=1S/C15H24N4O/c1-3-17-14-13(5-4-8-18-14)11-19-9-6-12(7-10-19)15(20)16-2/h4-5,8,12H,3,6-7,9-11H2,1-2H3,(H,16,20)(H,17,18). The SMILES string of the molecule is CCNc1ncccc1CN1CCC(C(=O)NC)CC1. The molecule has 0 bridgehead atoms. The summed E-state index contributed by atoms with van der Waals surface area (Å²) < 4.78 is 0. The molecule has 0 aliphatic carbocycles. The first-order chi connectivity index (χ1) is 9.74. The number of pyridine rings is 1. The summed E-state index contributed by atoms with van der Waals surface area (Å²) in [6, 6.07) is 4.10. The van der Waals surface area contributed by atoms with Gasteiger partial charge in [0.15, 0.2) is 0 Å². The van der Waals surface area contributed by atoms with Crippen LogP contribution in [0.2, 0.25) is 0 Å². The van der Waals surface area contributed by atoms with E-state index in [1.807, 2.05) is 12.3 Å². The van der Waals surface area contributed by atoms with Gasteiger partial charge in [-0.05, 0) is 38.9 Å². The molecular formula is C15H24N4O. The van der Waals surface area contributed by atoms with Crippen molar-refractivity contribution in [3.63, 3.8) is 0 Å². The number of nitrogens with zero attached hydrogens (tertiary/aromatic N) is 2. The molecule has 1 saturated heterocycles. The summed E-state index contributed by atoms with van der Waals surface area (Å²) in [5.74, 6) is 1.33. The molecule has 5 heteroatoms. The monoisotopic (exact) mass is 276 g/mol. The normalized spacial score (nSPS) is 16.9. The van der Waals surface area contributed by atoms with E-state index in [-0.39, 0.29) is 11.8 Å². The van der Waals surface area contributed by atoms with Crippen LogP contribution in [0.1, 0.15) is 25.3 Å². The van der Waals surface area contributed by atoms with Crippen molar-refractivity contribution in [3.05, 3.63) is 23.9 Å². The fourth-order valence-corrected chi connectivity index (χ4v) is 2.69. The maximum atomic E-state index is 11.6. The first kappa shape index (κ1) is 14.8. The Morgan fingerprint density at radius 1 is 1.45 bits per heavy atom. The van der Waals surface area contributed by atoms with Crippen molar-refractivity contribution in [2.75, 3.05) is 32.0 Å². The third kappa shape index (κ3) is 3.70. The molecule has 0 saturated carbocycles. The van der Waals surface area contributed by atoms with Gasteiger partial charge < -0.3 is 10.6 Å². The minimum Gasteiger partial charge on any atom is -0.370 e. The van der Waals surface area contributed by atoms with Crippen LogP contribution in [0.4, 0.5) is 5.82 Å². The first-order valence-electron chi connectivity index (χ1n) is 7.36. The third-order valence-electron chi connectivity index (χ3n) is 3.83. The lowest BCUT2D eigenvalue weighted by atomic mass is 9.95. The van der Waals surface area contributed by atoms with Crippen molar-refractivity contribution >= 4 is 11.7 Å². The highest BCUT2D eigenvalue weighted by molar-refractivity contribution is 5.78. The molecule has 0 spiro atoms. The highest BCUT2D eigenvalue weighted by Crippen LogP contribution is 2.21. The number of hydrogen-bond donors (Lipinski definition) is 2. The maximum Gasteiger partial charge on any atom is 0.222 e. The second-order valence-electron chi connectivity index (χ2n) is 5.21. The first-order valence-corrected chi connectivity index (χ1v) is 7.36. The quantitative estimate of drug-likeness (QED) is 0.855. The topological polar surface area (TPSA) is 57.3 Å². The largest absolute Gasteiger partial charge is 0.370 e. The van der Waals surface area contributed by atoms with Gasteiger partial charge in [0.05, 0.1) is 0 Å². The molecule has 0 atom stereocenters. The molecule has 1 fully saturated rings. The average molecular weight is 276 g/mol. The van der Waals surface area contributed by atoms with Crippen molar-refractivity contribution in [1.82, 2.24) is 15.2 Å². The molecule has 2 N–H and O–H groups in total. The van der Waals surface area contributed by atoms with Crippen LogP contribution in [0.5, 0.6) is 0 Å². The predicted octanol–water partition coefficient (Wildman–Crippen LogP) is 1.47. The fourth-order valence-electron chi connectivity index (χ4n) is 2.69. The van der Waals surface area contributed by atoms with Crippen LogP contribution in [0.25, 0.3) is 0 Å². The summed E-state index contributed by atoms with van der Waals surface area (Å²) in [7, 11) is 1.72. The van der Waals surface area contributed by atoms with Gasteiger partial charge in [-0.1, -0.05) is 6.07 Å². The van der Waals surface area contributed by atoms with E-state index in [1.54, 1.807) is 7.05 Å². The van der Waals surface area contributed by atoms with Gasteiger partial charge in [0.1, 0.15) is 5.82 Å². The van der Waals surface area contributed by atoms with Crippen LogP contribution in [0.3, 0.4) is 0 Å². The molecule has 2 heterocycles. The smallest absolute Gasteiger partial charge is 0.222 e. The zero-order chi connectivity index (χ0) is 14.4. The van der Waals surface area contributed by atoms with E-state index in [0.29, 0.717) is 0 Å². The molecule has 0 radical (unpaired) electrons. The van der Waals surface area contributed by atoms with E-state index in [4.69, 9.17) is 0 Å². The molecule has 1 aliphatic rings. The van der Waals surface area contributed by atoms with Gasteiger partial charge in [0.25, 0.3) is 0 Å². The second-order valence-corrected chi connectivity index (χ2v) is 5.21. The average Bonchev–Trinajstić information content (AvgIpc) is 2.49. The Morgan fingerprint density at radius 2 is 2.20 bits per heavy atom. The molecule has 2 rings (SSSR count). The predicted molar refractivity (Wildman–Crippen MR) is 80.5 cm³/mol. The number of rotatable bonds is 5. The van der Waals surface area contributed by atoms with E-state index >= 15 is 0 Å². The zero-order valence-electron chi connectivity index (χ0n) is 12.4. The van der Waals surface area contributed by atoms with Gasteiger partial charge in [0, 0.05) is 37.8 Å². The van der Waals surface area contributed by atoms with Crippen LogP contribution in [0.15, 0.2) is 18.3 Å². The third-order valence-corrected chi connectivity index (χ3v) is 3.83. The number of likely N-dealkylation sites (tertiary alicyclic amines) is 1. The molecule has 1 aromatic rings. The fraction of sp³-hybridized carbons (Fsp3) is 0.600. The molecule has 1 amide bonds. The van der Waals surface area contributed by atoms with Crippen molar-refractivity contribution in [3.8, 4) is 0 Å². The van der Waals surface area contributed by atoms with Crippen LogP contribution in [-0.4, -0.2) is 42.5 Å². The van der Waals surface area contributed by atoms with E-state index in [1.165, 1.54) is 5.56 Å². The molecule has 1 aromatic heterocycles. The summed E-state index contributed by atoms with van der Waals surface area (Å²) >= 11 is 0. The Bertz CT molecular complexity index is 441. The molecule has 20 heavy (non-hydrogen) atoms. The molecule has 0 aromatic carbocycles. The number of amides is 1. The number of carbonyl (C=O) groups excluding carboxylic acids is 1. The van der Waals surface area contributed by atoms with Gasteiger partial charge >= 0.3 is 0 Å². The van der Waals surface area contributed by atoms with Crippen LogP contribution >= 0.6 is 0 Å². The highest BCUT2D eigenvalue weighted by Gasteiger charge is 2.24. The van der Waals surface area contributed by atoms with Gasteiger partial charge in [0.2, 0.25) is 5.91 Å². The minimum atomic E-state index is 0.179. The molecular weight excluding hydrogens is 252 g/mol. The summed E-state index contributed by atoms with van der Waals surface area (Å²) in [5.41, 5.74) is 1.23. The van der Waals surface area contributed by atoms with Crippen molar-refractivity contribution in [2.24, 2.45) is 5.92 Å². The van der Waals surface area contributed by atoms with E-state index in [9.17, 15) is 4.79 Å². The lowest BCUT2D eigenvalue weighted by molar-refractivity contribution is -0.125. The minimum absolute atomic E-state index is 0.179. The van der Waals surface area contributed by atoms with Crippen LogP contribution in [0, 0.1) is 5.92 Å². The van der Waals surface area contributed by atoms with Crippen molar-refractivity contribution in [2.45, 2.75) is 26.3 Å². The second kappa shape index (κ2) is 7.24. The Labute approximate surface area is 120 Å². The summed E-state index contributed by atoms with van der Waals surface area (Å²) in [6.07, 6.45) is 3.70. The lowest BCUT2D eigenvalue weighted by Gasteiger charge is -2.31. The summed E-state index contributed by atoms with van der Waals surface area (Å²) in [4.78, 5) is 18.4. The lowest BCUT2D eigenvalue weighted by Crippen LogP contribution is -2.39. The van der Waals surface area contributed by atoms with Crippen LogP contribution < -0.4 is 10.6 Å². The highest BCUT2D eigenvalue weighted by atomic mass is 16.1. The van der Waals surface area contributed by atoms with E-state index in [2.05, 4.69) is 33.5 Å². The molecule has 1 aliphatic heterocycles. The van der Waals surface area contributed by atoms with E-state index in [0.717, 1.165) is 44.8 Å². The number of carbonyl (C=O) groups is 1. The van der Waals surface area contributed by atoms with Crippen molar-refractivity contribution < 1.29 is 4.79 Å². The number of nitrogens with one attached hydrogen (secondary N) is 2. The Balaban J connectivity index is 1.91. The number of hydrogen-bond acceptors (Lipinski definition) is 4. The summed E-state index contributed by atoms with van der Waals surface area (Å²) in [6.45, 7) is 5.80. The van der Waals surface area contributed by atoms with Crippen LogP contribution in [-0.2, 0) is 11.3 Å². The number of aromatic nitrogens is 1. The van der Waals surface area contributed by atoms with Gasteiger partial charge in [-0.25, -0.2) is 4.98 Å². The van der Waals surface area contributed by atoms with Crippen molar-refractivity contribution in [1.29, 1.82) is 0 Å². The Hall–Kier alpha value is -1.62. The molecule has 0 unspecified atom stereocenters. The summed E-state index contributed by atoms with van der Waals surface area (Å²) in [5, 5.41) is 6.05. The molecule has 110 valence electrons. The van der Waals surface area contributed by atoms with Gasteiger partial charge in [-0.15, -0.1) is 0 Å². The van der Waals surface area contributed by atoms with E-state index < -0.39 is 0 Å². The van der Waals surface area contributed by atoms with Gasteiger partial charge in [-0.3, -0.25) is 9.69 Å².